The van der Waals surface area contributed by atoms with Crippen molar-refractivity contribution < 1.29 is 4.79 Å². The van der Waals surface area contributed by atoms with E-state index in [-0.39, 0.29) is 11.5 Å². The Morgan fingerprint density at radius 2 is 2.04 bits per heavy atom. The lowest BCUT2D eigenvalue weighted by Crippen LogP contribution is -2.35. The number of halogens is 1. The predicted molar refractivity (Wildman–Crippen MR) is 101 cm³/mol. The molecule has 2 unspecified atom stereocenters. The topological polar surface area (TPSA) is 56.1 Å². The maximum absolute atomic E-state index is 12.4. The number of nitriles is 1. The lowest BCUT2D eigenvalue weighted by Gasteiger charge is -2.34. The third kappa shape index (κ3) is 4.96. The smallest absolute Gasteiger partial charge is 0.267 e. The summed E-state index contributed by atoms with van der Waals surface area (Å²) < 4.78 is 1.12. The number of anilines is 1. The molecule has 1 aromatic carbocycles. The van der Waals surface area contributed by atoms with Crippen LogP contribution in [-0.2, 0) is 4.79 Å². The number of nitrogens with zero attached hydrogens (tertiary/aromatic N) is 2. The third-order valence-corrected chi connectivity index (χ3v) is 4.68. The molecule has 0 aromatic heterocycles. The van der Waals surface area contributed by atoms with Crippen LogP contribution in [0, 0.1) is 33.7 Å². The van der Waals surface area contributed by atoms with Gasteiger partial charge in [0.15, 0.2) is 0 Å². The first-order valence-electron chi connectivity index (χ1n) is 7.82. The molecule has 5 heteroatoms. The van der Waals surface area contributed by atoms with Crippen molar-refractivity contribution >= 4 is 34.2 Å². The van der Waals surface area contributed by atoms with Crippen molar-refractivity contribution in [3.63, 3.8) is 0 Å². The van der Waals surface area contributed by atoms with E-state index in [1.54, 1.807) is 6.20 Å². The summed E-state index contributed by atoms with van der Waals surface area (Å²) in [6.07, 6.45) is 2.91. The molecule has 1 heterocycles. The van der Waals surface area contributed by atoms with Gasteiger partial charge in [-0.1, -0.05) is 13.8 Å². The molecular weight excluding hydrogens is 401 g/mol. The molecule has 1 aromatic rings. The summed E-state index contributed by atoms with van der Waals surface area (Å²) in [5.74, 6) is 0.815. The van der Waals surface area contributed by atoms with Crippen molar-refractivity contribution in [2.45, 2.75) is 27.2 Å². The molecule has 122 valence electrons. The molecular formula is C18H22IN3O. The number of carbonyl (C=O) groups excluding carboxylic acids is 1. The fraction of sp³-hybridized carbons (Fsp3) is 0.444. The van der Waals surface area contributed by atoms with Crippen LogP contribution in [0.5, 0.6) is 0 Å². The molecule has 0 aliphatic carbocycles. The van der Waals surface area contributed by atoms with Crippen molar-refractivity contribution in [3.8, 4) is 6.07 Å². The van der Waals surface area contributed by atoms with E-state index in [1.807, 2.05) is 31.2 Å². The zero-order valence-electron chi connectivity index (χ0n) is 13.8. The van der Waals surface area contributed by atoms with E-state index in [0.29, 0.717) is 11.8 Å². The van der Waals surface area contributed by atoms with Gasteiger partial charge in [0.1, 0.15) is 11.6 Å². The maximum Gasteiger partial charge on any atom is 0.267 e. The minimum atomic E-state index is -0.345. The van der Waals surface area contributed by atoms with Crippen LogP contribution in [0.3, 0.4) is 0 Å². The zero-order valence-corrected chi connectivity index (χ0v) is 15.9. The summed E-state index contributed by atoms with van der Waals surface area (Å²) in [5, 5.41) is 12.2. The van der Waals surface area contributed by atoms with Crippen LogP contribution in [0.25, 0.3) is 0 Å². The van der Waals surface area contributed by atoms with E-state index in [0.717, 1.165) is 27.9 Å². The number of aryl methyl sites for hydroxylation is 1. The molecule has 2 rings (SSSR count). The Kier molecular flexibility index (Phi) is 6.05. The van der Waals surface area contributed by atoms with E-state index in [4.69, 9.17) is 0 Å². The third-order valence-electron chi connectivity index (χ3n) is 4.01. The Morgan fingerprint density at radius 3 is 2.61 bits per heavy atom. The lowest BCUT2D eigenvalue weighted by atomic mass is 9.92. The predicted octanol–water partition coefficient (Wildman–Crippen LogP) is 3.92. The number of carbonyl (C=O) groups is 1. The fourth-order valence-electron chi connectivity index (χ4n) is 3.09. The van der Waals surface area contributed by atoms with Crippen LogP contribution >= 0.6 is 22.6 Å². The molecule has 2 atom stereocenters. The first-order chi connectivity index (χ1) is 10.9. The van der Waals surface area contributed by atoms with Gasteiger partial charge in [0.05, 0.1) is 0 Å². The molecule has 0 radical (unpaired) electrons. The van der Waals surface area contributed by atoms with Crippen LogP contribution < -0.4 is 5.32 Å². The SMILES string of the molecule is Cc1cc(I)ccc1NC(=O)/C(C#N)=C\N1CC(C)CC(C)C1. The Hall–Kier alpha value is -1.55. The van der Waals surface area contributed by atoms with E-state index < -0.39 is 0 Å². The number of amides is 1. The highest BCUT2D eigenvalue weighted by Crippen LogP contribution is 2.22. The van der Waals surface area contributed by atoms with Crippen molar-refractivity contribution in [1.29, 1.82) is 5.26 Å². The van der Waals surface area contributed by atoms with E-state index >= 15 is 0 Å². The summed E-state index contributed by atoms with van der Waals surface area (Å²) in [6.45, 7) is 8.15. The number of hydrogen-bond donors (Lipinski definition) is 1. The van der Waals surface area contributed by atoms with E-state index in [1.165, 1.54) is 6.42 Å². The summed E-state index contributed by atoms with van der Waals surface area (Å²) in [7, 11) is 0. The number of hydrogen-bond acceptors (Lipinski definition) is 3. The summed E-state index contributed by atoms with van der Waals surface area (Å²) in [5.41, 5.74) is 1.89. The van der Waals surface area contributed by atoms with Crippen LogP contribution in [0.2, 0.25) is 0 Å². The van der Waals surface area contributed by atoms with Gasteiger partial charge in [-0.05, 0) is 71.5 Å². The Labute approximate surface area is 151 Å². The maximum atomic E-state index is 12.4. The number of rotatable bonds is 3. The highest BCUT2D eigenvalue weighted by atomic mass is 127. The van der Waals surface area contributed by atoms with Crippen LogP contribution in [0.15, 0.2) is 30.0 Å². The summed E-state index contributed by atoms with van der Waals surface area (Å²) in [6, 6.07) is 7.84. The standard InChI is InChI=1S/C18H22IN3O/c1-12-6-13(2)10-22(9-12)11-15(8-20)18(23)21-17-5-4-16(19)7-14(17)3/h4-5,7,11-13H,6,9-10H2,1-3H3,(H,21,23)/b15-11-. The van der Waals surface area contributed by atoms with Crippen molar-refractivity contribution in [1.82, 2.24) is 4.90 Å². The monoisotopic (exact) mass is 423 g/mol. The highest BCUT2D eigenvalue weighted by molar-refractivity contribution is 14.1. The first kappa shape index (κ1) is 17.8. The van der Waals surface area contributed by atoms with Gasteiger partial charge in [0, 0.05) is 28.5 Å². The second kappa shape index (κ2) is 7.82. The fourth-order valence-corrected chi connectivity index (χ4v) is 3.74. The minimum absolute atomic E-state index is 0.157. The second-order valence-electron chi connectivity index (χ2n) is 6.47. The molecule has 1 N–H and O–H groups in total. The largest absolute Gasteiger partial charge is 0.376 e. The Morgan fingerprint density at radius 1 is 1.39 bits per heavy atom. The molecule has 4 nitrogen and oxygen atoms in total. The molecule has 1 amide bonds. The summed E-state index contributed by atoms with van der Waals surface area (Å²) >= 11 is 2.23. The normalized spacial score (nSPS) is 21.7. The molecule has 1 aliphatic rings. The molecule has 0 saturated carbocycles. The van der Waals surface area contributed by atoms with Gasteiger partial charge in [-0.25, -0.2) is 0 Å². The molecule has 23 heavy (non-hydrogen) atoms. The van der Waals surface area contributed by atoms with Crippen molar-refractivity contribution in [2.24, 2.45) is 11.8 Å². The average Bonchev–Trinajstić information content (AvgIpc) is 2.46. The molecule has 0 bridgehead atoms. The van der Waals surface area contributed by atoms with Crippen LogP contribution in [-0.4, -0.2) is 23.9 Å². The van der Waals surface area contributed by atoms with Gasteiger partial charge in [0.25, 0.3) is 5.91 Å². The summed E-state index contributed by atoms with van der Waals surface area (Å²) in [4.78, 5) is 14.5. The Balaban J connectivity index is 2.12. The van der Waals surface area contributed by atoms with Crippen LogP contribution in [0.4, 0.5) is 5.69 Å². The second-order valence-corrected chi connectivity index (χ2v) is 7.71. The molecule has 1 aliphatic heterocycles. The van der Waals surface area contributed by atoms with E-state index in [9.17, 15) is 10.1 Å². The lowest BCUT2D eigenvalue weighted by molar-refractivity contribution is -0.112. The van der Waals surface area contributed by atoms with E-state index in [2.05, 4.69) is 46.7 Å². The molecule has 0 spiro atoms. The van der Waals surface area contributed by atoms with Gasteiger partial charge in [-0.15, -0.1) is 0 Å². The van der Waals surface area contributed by atoms with Gasteiger partial charge in [-0.2, -0.15) is 5.26 Å². The number of likely N-dealkylation sites (tertiary alicyclic amines) is 1. The van der Waals surface area contributed by atoms with Crippen LogP contribution in [0.1, 0.15) is 25.8 Å². The number of nitrogens with one attached hydrogen (secondary N) is 1. The quantitative estimate of drug-likeness (QED) is 0.456. The van der Waals surface area contributed by atoms with Gasteiger partial charge < -0.3 is 10.2 Å². The first-order valence-corrected chi connectivity index (χ1v) is 8.90. The van der Waals surface area contributed by atoms with Gasteiger partial charge in [-0.3, -0.25) is 4.79 Å². The van der Waals surface area contributed by atoms with Gasteiger partial charge in [0.2, 0.25) is 0 Å². The van der Waals surface area contributed by atoms with Crippen molar-refractivity contribution in [2.75, 3.05) is 18.4 Å². The Bertz CT molecular complexity index is 653. The zero-order chi connectivity index (χ0) is 17.0. The number of piperidine rings is 1. The average molecular weight is 423 g/mol. The molecule has 1 saturated heterocycles. The molecule has 1 fully saturated rings. The number of benzene rings is 1. The van der Waals surface area contributed by atoms with Crippen molar-refractivity contribution in [3.05, 3.63) is 39.1 Å². The van der Waals surface area contributed by atoms with Gasteiger partial charge >= 0.3 is 0 Å². The highest BCUT2D eigenvalue weighted by Gasteiger charge is 2.21. The minimum Gasteiger partial charge on any atom is -0.376 e.